The number of hydrogen-bond donors (Lipinski definition) is 1. The average Bonchev–Trinajstić information content (AvgIpc) is 2.47. The van der Waals surface area contributed by atoms with Gasteiger partial charge in [-0.3, -0.25) is 0 Å². The van der Waals surface area contributed by atoms with Crippen LogP contribution in [-0.2, 0) is 21.4 Å². The molecule has 0 radical (unpaired) electrons. The van der Waals surface area contributed by atoms with Crippen LogP contribution in [0.15, 0.2) is 23.1 Å². The highest BCUT2D eigenvalue weighted by molar-refractivity contribution is 7.89. The van der Waals surface area contributed by atoms with E-state index in [1.165, 1.54) is 16.4 Å². The molecule has 1 unspecified atom stereocenters. The highest BCUT2D eigenvalue weighted by Gasteiger charge is 2.31. The fourth-order valence-electron chi connectivity index (χ4n) is 2.30. The maximum Gasteiger partial charge on any atom is 0.244 e. The van der Waals surface area contributed by atoms with Crippen LogP contribution < -0.4 is 0 Å². The number of benzene rings is 1. The number of halogens is 1. The molecule has 1 fully saturated rings. The van der Waals surface area contributed by atoms with Crippen molar-refractivity contribution >= 4 is 21.6 Å². The predicted octanol–water partition coefficient (Wildman–Crippen LogP) is 1.63. The van der Waals surface area contributed by atoms with Crippen molar-refractivity contribution in [3.05, 3.63) is 28.8 Å². The number of ether oxygens (including phenoxy) is 1. The minimum Gasteiger partial charge on any atom is -0.392 e. The molecular formula is C13H18ClNO4S. The third-order valence-electron chi connectivity index (χ3n) is 3.47. The van der Waals surface area contributed by atoms with Gasteiger partial charge in [0.2, 0.25) is 10.0 Å². The first-order valence-electron chi connectivity index (χ1n) is 6.41. The molecule has 20 heavy (non-hydrogen) atoms. The first-order chi connectivity index (χ1) is 9.48. The maximum atomic E-state index is 12.6. The molecular weight excluding hydrogens is 302 g/mol. The molecule has 5 nitrogen and oxygen atoms in total. The Labute approximate surface area is 124 Å². The normalized spacial score (nSPS) is 21.1. The summed E-state index contributed by atoms with van der Waals surface area (Å²) in [7, 11) is -2.07. The van der Waals surface area contributed by atoms with E-state index in [1.54, 1.807) is 13.2 Å². The van der Waals surface area contributed by atoms with Gasteiger partial charge in [0.1, 0.15) is 4.90 Å². The molecule has 0 saturated carbocycles. The molecule has 1 heterocycles. The van der Waals surface area contributed by atoms with Crippen molar-refractivity contribution < 1.29 is 18.3 Å². The SMILES string of the molecule is COC1CCCN(S(=O)(=O)c2cc(CO)ccc2Cl)C1. The van der Waals surface area contributed by atoms with E-state index in [4.69, 9.17) is 21.4 Å². The Hall–Kier alpha value is -0.660. The molecule has 0 aromatic heterocycles. The van der Waals surface area contributed by atoms with Crippen LogP contribution in [0, 0.1) is 0 Å². The van der Waals surface area contributed by atoms with Crippen LogP contribution in [0.25, 0.3) is 0 Å². The Morgan fingerprint density at radius 2 is 2.25 bits per heavy atom. The number of hydrogen-bond acceptors (Lipinski definition) is 4. The van der Waals surface area contributed by atoms with Gasteiger partial charge in [-0.05, 0) is 30.5 Å². The van der Waals surface area contributed by atoms with Crippen molar-refractivity contribution in [1.29, 1.82) is 0 Å². The quantitative estimate of drug-likeness (QED) is 0.916. The third-order valence-corrected chi connectivity index (χ3v) is 5.82. The molecule has 112 valence electrons. The Morgan fingerprint density at radius 1 is 1.50 bits per heavy atom. The van der Waals surface area contributed by atoms with Crippen LogP contribution in [0.3, 0.4) is 0 Å². The molecule has 0 bridgehead atoms. The topological polar surface area (TPSA) is 66.8 Å². The average molecular weight is 320 g/mol. The number of rotatable bonds is 4. The number of methoxy groups -OCH3 is 1. The minimum atomic E-state index is -3.66. The first kappa shape index (κ1) is 15.7. The summed E-state index contributed by atoms with van der Waals surface area (Å²) in [5.41, 5.74) is 0.522. The highest BCUT2D eigenvalue weighted by atomic mass is 35.5. The standard InChI is InChI=1S/C13H18ClNO4S/c1-19-11-3-2-6-15(8-11)20(17,18)13-7-10(9-16)4-5-12(13)14/h4-5,7,11,16H,2-3,6,8-9H2,1H3. The second-order valence-electron chi connectivity index (χ2n) is 4.79. The predicted molar refractivity (Wildman–Crippen MR) is 76.2 cm³/mol. The lowest BCUT2D eigenvalue weighted by molar-refractivity contribution is 0.0572. The summed E-state index contributed by atoms with van der Waals surface area (Å²) in [5, 5.41) is 9.31. The van der Waals surface area contributed by atoms with E-state index in [1.807, 2.05) is 0 Å². The maximum absolute atomic E-state index is 12.6. The van der Waals surface area contributed by atoms with E-state index >= 15 is 0 Å². The van der Waals surface area contributed by atoms with E-state index in [0.29, 0.717) is 18.7 Å². The molecule has 1 aliphatic rings. The zero-order valence-electron chi connectivity index (χ0n) is 11.3. The van der Waals surface area contributed by atoms with Gasteiger partial charge in [0.15, 0.2) is 0 Å². The zero-order chi connectivity index (χ0) is 14.8. The molecule has 1 saturated heterocycles. The van der Waals surface area contributed by atoms with E-state index in [9.17, 15) is 8.42 Å². The van der Waals surface area contributed by atoms with Gasteiger partial charge < -0.3 is 9.84 Å². The highest BCUT2D eigenvalue weighted by Crippen LogP contribution is 2.28. The van der Waals surface area contributed by atoms with E-state index in [-0.39, 0.29) is 22.6 Å². The van der Waals surface area contributed by atoms with Gasteiger partial charge in [0.05, 0.1) is 17.7 Å². The fraction of sp³-hybridized carbons (Fsp3) is 0.538. The van der Waals surface area contributed by atoms with Gasteiger partial charge >= 0.3 is 0 Å². The molecule has 0 aliphatic carbocycles. The second-order valence-corrected chi connectivity index (χ2v) is 7.10. The molecule has 0 spiro atoms. The Balaban J connectivity index is 2.34. The summed E-state index contributed by atoms with van der Waals surface area (Å²) in [6.45, 7) is 0.570. The van der Waals surface area contributed by atoms with Crippen LogP contribution in [0.4, 0.5) is 0 Å². The Bertz CT molecular complexity index is 576. The molecule has 1 aliphatic heterocycles. The van der Waals surface area contributed by atoms with Crippen LogP contribution in [0.5, 0.6) is 0 Å². The smallest absolute Gasteiger partial charge is 0.244 e. The second kappa shape index (κ2) is 6.41. The fourth-order valence-corrected chi connectivity index (χ4v) is 4.33. The molecule has 1 N–H and O–H groups in total. The largest absolute Gasteiger partial charge is 0.392 e. The lowest BCUT2D eigenvalue weighted by atomic mass is 10.1. The lowest BCUT2D eigenvalue weighted by Crippen LogP contribution is -2.42. The molecule has 1 aromatic carbocycles. The van der Waals surface area contributed by atoms with Gasteiger partial charge in [0, 0.05) is 20.2 Å². The molecule has 2 rings (SSSR count). The summed E-state index contributed by atoms with van der Waals surface area (Å²) in [6.07, 6.45) is 1.53. The summed E-state index contributed by atoms with van der Waals surface area (Å²) < 4.78 is 31.9. The summed E-state index contributed by atoms with van der Waals surface area (Å²) >= 11 is 6.01. The Morgan fingerprint density at radius 3 is 2.90 bits per heavy atom. The Kier molecular flexibility index (Phi) is 5.04. The first-order valence-corrected chi connectivity index (χ1v) is 8.23. The van der Waals surface area contributed by atoms with E-state index in [2.05, 4.69) is 0 Å². The molecule has 7 heteroatoms. The van der Waals surface area contributed by atoms with Gasteiger partial charge in [0.25, 0.3) is 0 Å². The lowest BCUT2D eigenvalue weighted by Gasteiger charge is -2.31. The number of nitrogens with zero attached hydrogens (tertiary/aromatic N) is 1. The third kappa shape index (κ3) is 3.15. The minimum absolute atomic E-state index is 0.0440. The van der Waals surface area contributed by atoms with Gasteiger partial charge in [-0.25, -0.2) is 8.42 Å². The molecule has 0 amide bonds. The number of aliphatic hydroxyl groups excluding tert-OH is 1. The summed E-state index contributed by atoms with van der Waals surface area (Å²) in [4.78, 5) is 0.0440. The monoisotopic (exact) mass is 319 g/mol. The van der Waals surface area contributed by atoms with Gasteiger partial charge in [-0.2, -0.15) is 4.31 Å². The van der Waals surface area contributed by atoms with Crippen molar-refractivity contribution in [2.75, 3.05) is 20.2 Å². The van der Waals surface area contributed by atoms with Crippen LogP contribution in [-0.4, -0.2) is 44.1 Å². The van der Waals surface area contributed by atoms with Crippen LogP contribution in [0.2, 0.25) is 5.02 Å². The zero-order valence-corrected chi connectivity index (χ0v) is 12.8. The van der Waals surface area contributed by atoms with Crippen molar-refractivity contribution in [2.45, 2.75) is 30.4 Å². The van der Waals surface area contributed by atoms with Crippen molar-refractivity contribution in [3.63, 3.8) is 0 Å². The van der Waals surface area contributed by atoms with Crippen molar-refractivity contribution in [1.82, 2.24) is 4.31 Å². The van der Waals surface area contributed by atoms with Crippen LogP contribution >= 0.6 is 11.6 Å². The number of aliphatic hydroxyl groups is 1. The van der Waals surface area contributed by atoms with Crippen LogP contribution in [0.1, 0.15) is 18.4 Å². The number of piperidine rings is 1. The summed E-state index contributed by atoms with van der Waals surface area (Å²) in [5.74, 6) is 0. The molecule has 1 atom stereocenters. The van der Waals surface area contributed by atoms with Crippen molar-refractivity contribution in [3.8, 4) is 0 Å². The number of sulfonamides is 1. The van der Waals surface area contributed by atoms with E-state index in [0.717, 1.165) is 12.8 Å². The summed E-state index contributed by atoms with van der Waals surface area (Å²) in [6, 6.07) is 4.53. The van der Waals surface area contributed by atoms with Gasteiger partial charge in [-0.15, -0.1) is 0 Å². The van der Waals surface area contributed by atoms with Crippen molar-refractivity contribution in [2.24, 2.45) is 0 Å². The van der Waals surface area contributed by atoms with E-state index < -0.39 is 10.0 Å². The van der Waals surface area contributed by atoms with Gasteiger partial charge in [-0.1, -0.05) is 17.7 Å². The molecule has 1 aromatic rings.